The van der Waals surface area contributed by atoms with Crippen molar-refractivity contribution < 1.29 is 17.9 Å². The van der Waals surface area contributed by atoms with E-state index in [1.807, 2.05) is 29.2 Å². The van der Waals surface area contributed by atoms with Gasteiger partial charge in [0.1, 0.15) is 5.75 Å². The topological polar surface area (TPSA) is 75.7 Å². The molecule has 1 unspecified atom stereocenters. The minimum atomic E-state index is -2.92. The molecule has 1 aliphatic heterocycles. The highest BCUT2D eigenvalue weighted by Gasteiger charge is 2.31. The second kappa shape index (κ2) is 7.79. The quantitative estimate of drug-likeness (QED) is 0.781. The Morgan fingerprint density at radius 3 is 2.61 bits per heavy atom. The van der Waals surface area contributed by atoms with E-state index in [1.165, 1.54) is 0 Å². The summed E-state index contributed by atoms with van der Waals surface area (Å²) in [5, 5.41) is 2.87. The summed E-state index contributed by atoms with van der Waals surface area (Å²) in [4.78, 5) is 13.8. The number of ether oxygens (including phenoxy) is 1. The van der Waals surface area contributed by atoms with Crippen molar-refractivity contribution in [2.24, 2.45) is 0 Å². The SMILES string of the molecule is COc1ccc(CCNC(=O)CN(C)C2CCS(=O)(=O)C2)cc1. The monoisotopic (exact) mass is 340 g/mol. The van der Waals surface area contributed by atoms with Crippen LogP contribution >= 0.6 is 0 Å². The molecule has 1 atom stereocenters. The number of nitrogens with zero attached hydrogens (tertiary/aromatic N) is 1. The molecule has 6 nitrogen and oxygen atoms in total. The van der Waals surface area contributed by atoms with Crippen molar-refractivity contribution in [3.63, 3.8) is 0 Å². The molecule has 1 N–H and O–H groups in total. The average molecular weight is 340 g/mol. The van der Waals surface area contributed by atoms with Crippen LogP contribution in [0.2, 0.25) is 0 Å². The highest BCUT2D eigenvalue weighted by Crippen LogP contribution is 2.16. The molecule has 0 aliphatic carbocycles. The largest absolute Gasteiger partial charge is 0.497 e. The van der Waals surface area contributed by atoms with Crippen molar-refractivity contribution in [3.8, 4) is 5.75 Å². The first kappa shape index (κ1) is 17.7. The first-order valence-corrected chi connectivity index (χ1v) is 9.52. The third kappa shape index (κ3) is 5.51. The van der Waals surface area contributed by atoms with Gasteiger partial charge >= 0.3 is 0 Å². The molecule has 0 bridgehead atoms. The van der Waals surface area contributed by atoms with Crippen molar-refractivity contribution in [1.29, 1.82) is 0 Å². The van der Waals surface area contributed by atoms with Crippen LogP contribution in [0.25, 0.3) is 0 Å². The molecule has 1 aromatic carbocycles. The lowest BCUT2D eigenvalue weighted by molar-refractivity contribution is -0.122. The van der Waals surface area contributed by atoms with Crippen LogP contribution in [0.5, 0.6) is 5.75 Å². The molecule has 1 aliphatic rings. The van der Waals surface area contributed by atoms with Gasteiger partial charge in [0.25, 0.3) is 0 Å². The predicted octanol–water partition coefficient (Wildman–Crippen LogP) is 0.473. The van der Waals surface area contributed by atoms with Gasteiger partial charge in [0.2, 0.25) is 5.91 Å². The number of hydrogen-bond donors (Lipinski definition) is 1. The molecule has 0 aromatic heterocycles. The van der Waals surface area contributed by atoms with Crippen molar-refractivity contribution in [2.45, 2.75) is 18.9 Å². The minimum Gasteiger partial charge on any atom is -0.497 e. The summed E-state index contributed by atoms with van der Waals surface area (Å²) < 4.78 is 28.0. The number of carbonyl (C=O) groups excluding carboxylic acids is 1. The molecule has 1 amide bonds. The number of rotatable bonds is 7. The van der Waals surface area contributed by atoms with E-state index < -0.39 is 9.84 Å². The fourth-order valence-corrected chi connectivity index (χ4v) is 4.48. The van der Waals surface area contributed by atoms with Crippen molar-refractivity contribution in [2.75, 3.05) is 38.8 Å². The van der Waals surface area contributed by atoms with Crippen molar-refractivity contribution in [1.82, 2.24) is 10.2 Å². The van der Waals surface area contributed by atoms with Gasteiger partial charge in [0, 0.05) is 12.6 Å². The van der Waals surface area contributed by atoms with E-state index in [0.29, 0.717) is 13.0 Å². The number of likely N-dealkylation sites (N-methyl/N-ethyl adjacent to an activating group) is 1. The number of hydrogen-bond acceptors (Lipinski definition) is 5. The molecule has 0 saturated carbocycles. The summed E-state index contributed by atoms with van der Waals surface area (Å²) in [6.07, 6.45) is 1.36. The van der Waals surface area contributed by atoms with Crippen LogP contribution in [0.3, 0.4) is 0 Å². The highest BCUT2D eigenvalue weighted by molar-refractivity contribution is 7.91. The standard InChI is InChI=1S/C16H24N2O4S/c1-18(14-8-10-23(20,21)12-14)11-16(19)17-9-7-13-3-5-15(22-2)6-4-13/h3-6,14H,7-12H2,1-2H3,(H,17,19). The number of benzene rings is 1. The summed E-state index contributed by atoms with van der Waals surface area (Å²) in [6.45, 7) is 0.783. The van der Waals surface area contributed by atoms with Crippen LogP contribution in [-0.2, 0) is 21.1 Å². The molecule has 1 heterocycles. The minimum absolute atomic E-state index is 0.0488. The van der Waals surface area contributed by atoms with Gasteiger partial charge in [0.15, 0.2) is 9.84 Å². The molecule has 7 heteroatoms. The number of carbonyl (C=O) groups is 1. The van der Waals surface area contributed by atoms with E-state index in [0.717, 1.165) is 17.7 Å². The average Bonchev–Trinajstić information content (AvgIpc) is 2.88. The molecule has 1 fully saturated rings. The third-order valence-corrected chi connectivity index (χ3v) is 5.87. The zero-order valence-electron chi connectivity index (χ0n) is 13.6. The summed E-state index contributed by atoms with van der Waals surface area (Å²) in [6, 6.07) is 7.69. The smallest absolute Gasteiger partial charge is 0.234 e. The lowest BCUT2D eigenvalue weighted by atomic mass is 10.1. The molecule has 1 saturated heterocycles. The molecule has 2 rings (SSSR count). The Hall–Kier alpha value is -1.60. The Labute approximate surface area is 137 Å². The van der Waals surface area contributed by atoms with E-state index in [-0.39, 0.29) is 30.0 Å². The predicted molar refractivity (Wildman–Crippen MR) is 89.4 cm³/mol. The van der Waals surface area contributed by atoms with Crippen LogP contribution in [-0.4, -0.2) is 64.0 Å². The molecule has 128 valence electrons. The van der Waals surface area contributed by atoms with Crippen LogP contribution in [0.15, 0.2) is 24.3 Å². The molecule has 23 heavy (non-hydrogen) atoms. The van der Waals surface area contributed by atoms with Gasteiger partial charge in [0.05, 0.1) is 25.2 Å². The van der Waals surface area contributed by atoms with Crippen LogP contribution < -0.4 is 10.1 Å². The summed E-state index contributed by atoms with van der Waals surface area (Å²) in [7, 11) is 0.508. The van der Waals surface area contributed by atoms with Gasteiger partial charge in [-0.2, -0.15) is 0 Å². The van der Waals surface area contributed by atoms with Crippen LogP contribution in [0.4, 0.5) is 0 Å². The summed E-state index contributed by atoms with van der Waals surface area (Å²) >= 11 is 0. The summed E-state index contributed by atoms with van der Waals surface area (Å²) in [5.74, 6) is 1.11. The maximum absolute atomic E-state index is 11.9. The second-order valence-corrected chi connectivity index (χ2v) is 8.15. The fraction of sp³-hybridized carbons (Fsp3) is 0.562. The Morgan fingerprint density at radius 1 is 1.35 bits per heavy atom. The molecule has 1 aromatic rings. The Bertz CT molecular complexity index is 628. The molecule has 0 spiro atoms. The third-order valence-electron chi connectivity index (χ3n) is 4.12. The van der Waals surface area contributed by atoms with E-state index in [9.17, 15) is 13.2 Å². The highest BCUT2D eigenvalue weighted by atomic mass is 32.2. The van der Waals surface area contributed by atoms with Gasteiger partial charge in [-0.25, -0.2) is 8.42 Å². The molecule has 0 radical (unpaired) electrons. The van der Waals surface area contributed by atoms with Gasteiger partial charge in [-0.15, -0.1) is 0 Å². The Morgan fingerprint density at radius 2 is 2.04 bits per heavy atom. The normalized spacial score (nSPS) is 19.7. The number of methoxy groups -OCH3 is 1. The second-order valence-electron chi connectivity index (χ2n) is 5.92. The van der Waals surface area contributed by atoms with Gasteiger partial charge in [-0.1, -0.05) is 12.1 Å². The van der Waals surface area contributed by atoms with E-state index >= 15 is 0 Å². The summed E-state index contributed by atoms with van der Waals surface area (Å²) in [5.41, 5.74) is 1.13. The molecular weight excluding hydrogens is 316 g/mol. The fourth-order valence-electron chi connectivity index (χ4n) is 2.67. The van der Waals surface area contributed by atoms with Gasteiger partial charge in [-0.05, 0) is 37.6 Å². The van der Waals surface area contributed by atoms with Crippen molar-refractivity contribution >= 4 is 15.7 Å². The maximum Gasteiger partial charge on any atom is 0.234 e. The van der Waals surface area contributed by atoms with Gasteiger partial charge < -0.3 is 10.1 Å². The van der Waals surface area contributed by atoms with E-state index in [1.54, 1.807) is 14.2 Å². The first-order valence-electron chi connectivity index (χ1n) is 7.70. The Kier molecular flexibility index (Phi) is 6.01. The van der Waals surface area contributed by atoms with Crippen LogP contribution in [0.1, 0.15) is 12.0 Å². The lowest BCUT2D eigenvalue weighted by Gasteiger charge is -2.22. The van der Waals surface area contributed by atoms with E-state index in [2.05, 4.69) is 5.32 Å². The lowest BCUT2D eigenvalue weighted by Crippen LogP contribution is -2.41. The number of nitrogens with one attached hydrogen (secondary N) is 1. The zero-order valence-corrected chi connectivity index (χ0v) is 14.4. The maximum atomic E-state index is 11.9. The molecular formula is C16H24N2O4S. The first-order chi connectivity index (χ1) is 10.9. The number of amides is 1. The van der Waals surface area contributed by atoms with E-state index in [4.69, 9.17) is 4.74 Å². The zero-order chi connectivity index (χ0) is 16.9. The van der Waals surface area contributed by atoms with Crippen LogP contribution in [0, 0.1) is 0 Å². The van der Waals surface area contributed by atoms with Crippen molar-refractivity contribution in [3.05, 3.63) is 29.8 Å². The van der Waals surface area contributed by atoms with Gasteiger partial charge in [-0.3, -0.25) is 9.69 Å². The number of sulfone groups is 1. The Balaban J connectivity index is 1.70.